The zero-order valence-corrected chi connectivity index (χ0v) is 13.8. The molecule has 21 heavy (non-hydrogen) atoms. The van der Waals surface area contributed by atoms with Crippen molar-refractivity contribution in [3.05, 3.63) is 35.9 Å². The monoisotopic (exact) mass is 311 g/mol. The van der Waals surface area contributed by atoms with Crippen LogP contribution < -0.4 is 10.6 Å². The minimum absolute atomic E-state index is 0.177. The van der Waals surface area contributed by atoms with E-state index in [1.807, 2.05) is 37.3 Å². The van der Waals surface area contributed by atoms with Crippen LogP contribution in [0.1, 0.15) is 12.5 Å². The number of hydrogen-bond acceptors (Lipinski definition) is 3. The van der Waals surface area contributed by atoms with Crippen LogP contribution >= 0.6 is 0 Å². The van der Waals surface area contributed by atoms with E-state index >= 15 is 0 Å². The van der Waals surface area contributed by atoms with Gasteiger partial charge in [-0.3, -0.25) is 9.20 Å². The Labute approximate surface area is 129 Å². The molecule has 2 unspecified atom stereocenters. The van der Waals surface area contributed by atoms with Crippen molar-refractivity contribution in [3.63, 3.8) is 0 Å². The molecule has 1 aromatic carbocycles. The summed E-state index contributed by atoms with van der Waals surface area (Å²) in [6.07, 6.45) is 0. The fourth-order valence-corrected chi connectivity index (χ4v) is 2.87. The van der Waals surface area contributed by atoms with E-state index in [2.05, 4.69) is 15.6 Å². The normalized spacial score (nSPS) is 14.5. The lowest BCUT2D eigenvalue weighted by molar-refractivity contribution is 0.179. The zero-order valence-electron chi connectivity index (χ0n) is 13.0. The van der Waals surface area contributed by atoms with Gasteiger partial charge in [0.15, 0.2) is 5.96 Å². The summed E-state index contributed by atoms with van der Waals surface area (Å²) in [7, 11) is 2.51. The van der Waals surface area contributed by atoms with Gasteiger partial charge < -0.3 is 15.4 Å². The van der Waals surface area contributed by atoms with Crippen LogP contribution in [0.3, 0.4) is 0 Å². The highest BCUT2D eigenvalue weighted by molar-refractivity contribution is 7.84. The first-order valence-electron chi connectivity index (χ1n) is 7.00. The van der Waals surface area contributed by atoms with Gasteiger partial charge in [-0.2, -0.15) is 0 Å². The largest absolute Gasteiger partial charge is 0.383 e. The van der Waals surface area contributed by atoms with E-state index in [-0.39, 0.29) is 6.04 Å². The molecule has 0 amide bonds. The third-order valence-electron chi connectivity index (χ3n) is 2.82. The van der Waals surface area contributed by atoms with E-state index in [1.165, 1.54) is 0 Å². The maximum atomic E-state index is 12.0. The summed E-state index contributed by atoms with van der Waals surface area (Å²) in [5, 5.41) is 6.37. The Bertz CT molecular complexity index is 451. The van der Waals surface area contributed by atoms with Gasteiger partial charge in [-0.05, 0) is 12.5 Å². The average molecular weight is 311 g/mol. The lowest BCUT2D eigenvalue weighted by Crippen LogP contribution is -2.44. The Kier molecular flexibility index (Phi) is 8.69. The second kappa shape index (κ2) is 10.3. The Balaban J connectivity index is 2.26. The van der Waals surface area contributed by atoms with E-state index in [9.17, 15) is 4.21 Å². The standard InChI is InChI=1S/C15H25N3O2S/c1-13(11-20-3)18-15(16-2)17-9-10-21(19)12-14-7-5-4-6-8-14/h4-8,13H,9-12H2,1-3H3,(H2,16,17,18). The van der Waals surface area contributed by atoms with E-state index in [0.29, 0.717) is 30.6 Å². The number of guanidine groups is 1. The maximum Gasteiger partial charge on any atom is 0.191 e. The van der Waals surface area contributed by atoms with Crippen molar-refractivity contribution in [1.82, 2.24) is 10.6 Å². The van der Waals surface area contributed by atoms with Crippen molar-refractivity contribution in [3.8, 4) is 0 Å². The lowest BCUT2D eigenvalue weighted by Gasteiger charge is -2.17. The molecular formula is C15H25N3O2S. The predicted octanol–water partition coefficient (Wildman–Crippen LogP) is 1.14. The first kappa shape index (κ1) is 17.7. The van der Waals surface area contributed by atoms with Crippen LogP contribution in [0, 0.1) is 0 Å². The van der Waals surface area contributed by atoms with Crippen molar-refractivity contribution in [2.45, 2.75) is 18.7 Å². The number of ether oxygens (including phenoxy) is 1. The van der Waals surface area contributed by atoms with Crippen LogP contribution in [0.2, 0.25) is 0 Å². The van der Waals surface area contributed by atoms with Crippen molar-refractivity contribution in [1.29, 1.82) is 0 Å². The fourth-order valence-electron chi connectivity index (χ4n) is 1.84. The summed E-state index contributed by atoms with van der Waals surface area (Å²) in [5.41, 5.74) is 1.10. The van der Waals surface area contributed by atoms with E-state index in [1.54, 1.807) is 14.2 Å². The summed E-state index contributed by atoms with van der Waals surface area (Å²) in [5.74, 6) is 1.89. The quantitative estimate of drug-likeness (QED) is 0.558. The van der Waals surface area contributed by atoms with Gasteiger partial charge in [-0.25, -0.2) is 0 Å². The molecule has 5 nitrogen and oxygen atoms in total. The van der Waals surface area contributed by atoms with Crippen LogP contribution in [0.15, 0.2) is 35.3 Å². The fraction of sp³-hybridized carbons (Fsp3) is 0.533. The highest BCUT2D eigenvalue weighted by Gasteiger charge is 2.05. The molecule has 0 aliphatic rings. The Morgan fingerprint density at radius 1 is 1.38 bits per heavy atom. The molecular weight excluding hydrogens is 286 g/mol. The number of methoxy groups -OCH3 is 1. The van der Waals surface area contributed by atoms with Crippen molar-refractivity contribution >= 4 is 16.8 Å². The number of aliphatic imine (C=N–C) groups is 1. The van der Waals surface area contributed by atoms with Gasteiger partial charge in [-0.1, -0.05) is 30.3 Å². The zero-order chi connectivity index (χ0) is 15.5. The highest BCUT2D eigenvalue weighted by atomic mass is 32.2. The molecule has 118 valence electrons. The molecule has 0 aromatic heterocycles. The molecule has 0 fully saturated rings. The Morgan fingerprint density at radius 3 is 2.71 bits per heavy atom. The van der Waals surface area contributed by atoms with Gasteiger partial charge in [0.25, 0.3) is 0 Å². The molecule has 1 aromatic rings. The SMILES string of the molecule is CN=C(NCCS(=O)Cc1ccccc1)NC(C)COC. The molecule has 0 aliphatic carbocycles. The van der Waals surface area contributed by atoms with Crippen LogP contribution in [-0.4, -0.2) is 49.3 Å². The van der Waals surface area contributed by atoms with Crippen LogP contribution in [0.4, 0.5) is 0 Å². The molecule has 6 heteroatoms. The molecule has 2 atom stereocenters. The van der Waals surface area contributed by atoms with E-state index in [4.69, 9.17) is 4.74 Å². The summed E-state index contributed by atoms with van der Waals surface area (Å²) in [6, 6.07) is 10.1. The molecule has 0 heterocycles. The molecule has 0 bridgehead atoms. The Morgan fingerprint density at radius 2 is 2.10 bits per heavy atom. The second-order valence-corrected chi connectivity index (χ2v) is 6.35. The van der Waals surface area contributed by atoms with E-state index < -0.39 is 10.8 Å². The third kappa shape index (κ3) is 7.82. The molecule has 1 rings (SSSR count). The minimum Gasteiger partial charge on any atom is -0.383 e. The first-order chi connectivity index (χ1) is 10.2. The summed E-state index contributed by atoms with van der Waals surface area (Å²) < 4.78 is 17.1. The van der Waals surface area contributed by atoms with Gasteiger partial charge in [0, 0.05) is 49.0 Å². The number of nitrogens with zero attached hydrogens (tertiary/aromatic N) is 1. The van der Waals surface area contributed by atoms with Crippen LogP contribution in [-0.2, 0) is 21.3 Å². The lowest BCUT2D eigenvalue weighted by atomic mass is 10.2. The predicted molar refractivity (Wildman–Crippen MR) is 89.0 cm³/mol. The van der Waals surface area contributed by atoms with Crippen molar-refractivity contribution in [2.75, 3.05) is 33.1 Å². The number of nitrogens with one attached hydrogen (secondary N) is 2. The van der Waals surface area contributed by atoms with Crippen LogP contribution in [0.25, 0.3) is 0 Å². The smallest absolute Gasteiger partial charge is 0.191 e. The summed E-state index contributed by atoms with van der Waals surface area (Å²) >= 11 is 0. The molecule has 0 radical (unpaired) electrons. The molecule has 2 N–H and O–H groups in total. The summed E-state index contributed by atoms with van der Waals surface area (Å²) in [6.45, 7) is 3.25. The summed E-state index contributed by atoms with van der Waals surface area (Å²) in [4.78, 5) is 4.13. The Hall–Kier alpha value is -1.40. The first-order valence-corrected chi connectivity index (χ1v) is 8.49. The topological polar surface area (TPSA) is 62.7 Å². The maximum absolute atomic E-state index is 12.0. The van der Waals surface area contributed by atoms with Crippen LogP contribution in [0.5, 0.6) is 0 Å². The molecule has 0 saturated heterocycles. The number of rotatable bonds is 8. The van der Waals surface area contributed by atoms with Gasteiger partial charge in [-0.15, -0.1) is 0 Å². The molecule has 0 saturated carbocycles. The van der Waals surface area contributed by atoms with Gasteiger partial charge >= 0.3 is 0 Å². The van der Waals surface area contributed by atoms with Gasteiger partial charge in [0.05, 0.1) is 6.61 Å². The average Bonchev–Trinajstić information content (AvgIpc) is 2.47. The molecule has 0 aliphatic heterocycles. The van der Waals surface area contributed by atoms with Gasteiger partial charge in [0.1, 0.15) is 0 Å². The highest BCUT2D eigenvalue weighted by Crippen LogP contribution is 2.02. The number of benzene rings is 1. The van der Waals surface area contributed by atoms with Crippen molar-refractivity contribution < 1.29 is 8.95 Å². The number of hydrogen-bond donors (Lipinski definition) is 2. The third-order valence-corrected chi connectivity index (χ3v) is 4.13. The van der Waals surface area contributed by atoms with E-state index in [0.717, 1.165) is 5.56 Å². The minimum atomic E-state index is -0.875. The van der Waals surface area contributed by atoms with Crippen molar-refractivity contribution in [2.24, 2.45) is 4.99 Å². The second-order valence-electron chi connectivity index (χ2n) is 4.77. The van der Waals surface area contributed by atoms with Gasteiger partial charge in [0.2, 0.25) is 0 Å². The molecule has 0 spiro atoms.